The Morgan fingerprint density at radius 2 is 1.51 bits per heavy atom. The van der Waals surface area contributed by atoms with Crippen molar-refractivity contribution in [2.45, 2.75) is 68.9 Å². The van der Waals surface area contributed by atoms with Crippen LogP contribution in [0.15, 0.2) is 42.6 Å². The monoisotopic (exact) mass is 755 g/mol. The molecule has 2 aromatic carbocycles. The minimum atomic E-state index is -5.00. The quantitative estimate of drug-likeness (QED) is 0.131. The van der Waals surface area contributed by atoms with E-state index in [1.54, 1.807) is 13.1 Å². The summed E-state index contributed by atoms with van der Waals surface area (Å²) in [5, 5.41) is 15.3. The number of aromatic nitrogens is 2. The normalized spacial score (nSPS) is 18.6. The summed E-state index contributed by atoms with van der Waals surface area (Å²) in [5.41, 5.74) is 0.699. The number of hydrogen-bond donors (Lipinski definition) is 3. The van der Waals surface area contributed by atoms with E-state index in [4.69, 9.17) is 0 Å². The van der Waals surface area contributed by atoms with E-state index in [2.05, 4.69) is 29.6 Å². The van der Waals surface area contributed by atoms with E-state index in [0.29, 0.717) is 37.4 Å². The minimum absolute atomic E-state index is 0.0414. The molecule has 278 valence electrons. The lowest BCUT2D eigenvalue weighted by Gasteiger charge is -2.27. The molecule has 1 fully saturated rings. The Bertz CT molecular complexity index is 1760. The third kappa shape index (κ3) is 9.90. The maximum absolute atomic E-state index is 14.1. The van der Waals surface area contributed by atoms with Crippen molar-refractivity contribution in [3.05, 3.63) is 70.4 Å². The van der Waals surface area contributed by atoms with Crippen LogP contribution in [-0.2, 0) is 32.5 Å². The summed E-state index contributed by atoms with van der Waals surface area (Å²) in [7, 11) is -3.37. The van der Waals surface area contributed by atoms with Gasteiger partial charge in [0.2, 0.25) is 5.95 Å². The molecule has 0 spiro atoms. The fourth-order valence-electron chi connectivity index (χ4n) is 5.84. The number of benzene rings is 2. The first-order chi connectivity index (χ1) is 23.7. The summed E-state index contributed by atoms with van der Waals surface area (Å²) in [6.45, 7) is -3.99. The van der Waals surface area contributed by atoms with Gasteiger partial charge >= 0.3 is 26.1 Å². The number of alkyl halides is 9. The van der Waals surface area contributed by atoms with Crippen molar-refractivity contribution in [1.29, 1.82) is 0 Å². The summed E-state index contributed by atoms with van der Waals surface area (Å²) >= 11 is 0. The second kappa shape index (κ2) is 14.6. The zero-order valence-electron chi connectivity index (χ0n) is 26.6. The SMILES string of the molecule is CN1Cc2c(C3CCC(O)CC3)ccc(Nc3nc(Nc4ccc(CP(=O)(OCC(F)(F)F)OCC(F)(F)F)cc4)ncc3C(F)(F)F)c2C1=O. The van der Waals surface area contributed by atoms with Crippen molar-refractivity contribution >= 4 is 36.6 Å². The smallest absolute Gasteiger partial charge is 0.393 e. The Balaban J connectivity index is 1.38. The van der Waals surface area contributed by atoms with Crippen LogP contribution in [0.5, 0.6) is 0 Å². The molecule has 2 heterocycles. The number of anilines is 4. The van der Waals surface area contributed by atoms with Crippen LogP contribution < -0.4 is 10.6 Å². The van der Waals surface area contributed by atoms with Crippen molar-refractivity contribution in [2.24, 2.45) is 0 Å². The van der Waals surface area contributed by atoms with Crippen LogP contribution in [-0.4, -0.2) is 64.6 Å². The molecule has 20 heteroatoms. The van der Waals surface area contributed by atoms with Crippen LogP contribution in [0.2, 0.25) is 0 Å². The largest absolute Gasteiger partial charge is 0.421 e. The second-order valence-electron chi connectivity index (χ2n) is 12.2. The predicted molar refractivity (Wildman–Crippen MR) is 165 cm³/mol. The van der Waals surface area contributed by atoms with Crippen molar-refractivity contribution in [3.8, 4) is 0 Å². The molecule has 2 aliphatic rings. The third-order valence-electron chi connectivity index (χ3n) is 8.22. The molecular formula is C31H31F9N5O5P. The molecule has 1 aliphatic carbocycles. The average molecular weight is 756 g/mol. The van der Waals surface area contributed by atoms with Crippen molar-refractivity contribution in [3.63, 3.8) is 0 Å². The number of carbonyl (C=O) groups is 1. The number of hydrogen-bond acceptors (Lipinski definition) is 9. The highest BCUT2D eigenvalue weighted by Gasteiger charge is 2.40. The zero-order chi connectivity index (χ0) is 37.4. The van der Waals surface area contributed by atoms with E-state index in [-0.39, 0.29) is 40.9 Å². The minimum Gasteiger partial charge on any atom is -0.393 e. The number of nitrogens with zero attached hydrogens (tertiary/aromatic N) is 3. The summed E-state index contributed by atoms with van der Waals surface area (Å²) in [6.07, 6.45) is -13.2. The summed E-state index contributed by atoms with van der Waals surface area (Å²) in [4.78, 5) is 22.4. The number of carbonyl (C=O) groups excluding carboxylic acids is 1. The number of aliphatic hydroxyl groups excluding tert-OH is 1. The molecule has 0 bridgehead atoms. The maximum atomic E-state index is 14.1. The van der Waals surface area contributed by atoms with Crippen LogP contribution >= 0.6 is 7.60 Å². The second-order valence-corrected chi connectivity index (χ2v) is 14.2. The number of rotatable bonds is 11. The zero-order valence-corrected chi connectivity index (χ0v) is 27.5. The Morgan fingerprint density at radius 1 is 0.902 bits per heavy atom. The third-order valence-corrected chi connectivity index (χ3v) is 10.0. The van der Waals surface area contributed by atoms with Gasteiger partial charge in [0, 0.05) is 25.5 Å². The lowest BCUT2D eigenvalue weighted by atomic mass is 9.80. The first-order valence-corrected chi connectivity index (χ1v) is 17.1. The topological polar surface area (TPSA) is 126 Å². The van der Waals surface area contributed by atoms with E-state index in [0.717, 1.165) is 5.56 Å². The molecule has 0 atom stereocenters. The van der Waals surface area contributed by atoms with Crippen molar-refractivity contribution in [2.75, 3.05) is 30.9 Å². The molecule has 1 amide bonds. The molecule has 5 rings (SSSR count). The lowest BCUT2D eigenvalue weighted by Crippen LogP contribution is -2.20. The van der Waals surface area contributed by atoms with Gasteiger partial charge in [0.05, 0.1) is 23.5 Å². The van der Waals surface area contributed by atoms with Gasteiger partial charge in [0.1, 0.15) is 11.4 Å². The van der Waals surface area contributed by atoms with Gasteiger partial charge in [0.25, 0.3) is 5.91 Å². The van der Waals surface area contributed by atoms with E-state index in [9.17, 15) is 54.0 Å². The number of halogens is 9. The van der Waals surface area contributed by atoms with Crippen LogP contribution in [0.25, 0.3) is 0 Å². The van der Waals surface area contributed by atoms with Crippen LogP contribution in [0.4, 0.5) is 62.7 Å². The van der Waals surface area contributed by atoms with Gasteiger partial charge in [0.15, 0.2) is 13.2 Å². The Hall–Kier alpha value is -3.93. The maximum Gasteiger partial charge on any atom is 0.421 e. The molecule has 0 radical (unpaired) electrons. The average Bonchev–Trinajstić information content (AvgIpc) is 3.34. The Labute approximate surface area is 284 Å². The summed E-state index contributed by atoms with van der Waals surface area (Å²) in [5.74, 6) is -1.36. The highest BCUT2D eigenvalue weighted by molar-refractivity contribution is 7.53. The van der Waals surface area contributed by atoms with E-state index in [1.807, 2.05) is 0 Å². The molecule has 0 unspecified atom stereocenters. The highest BCUT2D eigenvalue weighted by atomic mass is 31.2. The Morgan fingerprint density at radius 3 is 2.08 bits per heavy atom. The molecule has 1 aliphatic heterocycles. The van der Waals surface area contributed by atoms with Crippen LogP contribution in [0.3, 0.4) is 0 Å². The molecule has 10 nitrogen and oxygen atoms in total. The fourth-order valence-corrected chi connectivity index (χ4v) is 7.44. The molecular weight excluding hydrogens is 724 g/mol. The van der Waals surface area contributed by atoms with Gasteiger partial charge in [-0.3, -0.25) is 18.4 Å². The molecule has 0 saturated heterocycles. The molecule has 3 N–H and O–H groups in total. The Kier molecular flexibility index (Phi) is 11.0. The summed E-state index contributed by atoms with van der Waals surface area (Å²) < 4.78 is 139. The predicted octanol–water partition coefficient (Wildman–Crippen LogP) is 8.44. The van der Waals surface area contributed by atoms with E-state index >= 15 is 0 Å². The van der Waals surface area contributed by atoms with Crippen molar-refractivity contribution < 1.29 is 63.0 Å². The standard InChI is InChI=1S/C31H31F9N5O5P/c1-45-13-22-21(18-4-8-20(46)9-5-18)10-11-24(25(22)27(45)47)43-26-23(31(38,39)40)12-41-28(44-26)42-19-6-2-17(3-7-19)14-51(48,49-15-29(32,33)34)50-16-30(35,36)37/h2-3,6-7,10-12,18,20,46H,4-5,8-9,13-16H2,1H3,(H2,41,42,43,44). The van der Waals surface area contributed by atoms with Gasteiger partial charge in [-0.25, -0.2) is 4.98 Å². The first-order valence-electron chi connectivity index (χ1n) is 15.4. The first kappa shape index (κ1) is 38.3. The molecule has 1 aromatic heterocycles. The lowest BCUT2D eigenvalue weighted by molar-refractivity contribution is -0.165. The number of fused-ring (bicyclic) bond motifs is 1. The molecule has 3 aromatic rings. The van der Waals surface area contributed by atoms with Gasteiger partial charge < -0.3 is 20.6 Å². The van der Waals surface area contributed by atoms with Gasteiger partial charge in [-0.15, -0.1) is 0 Å². The van der Waals surface area contributed by atoms with Crippen LogP contribution in [0.1, 0.15) is 64.2 Å². The fraction of sp³-hybridized carbons (Fsp3) is 0.452. The molecule has 1 saturated carbocycles. The van der Waals surface area contributed by atoms with E-state index < -0.39 is 68.9 Å². The number of nitrogens with one attached hydrogen (secondary N) is 2. The van der Waals surface area contributed by atoms with E-state index in [1.165, 1.54) is 35.2 Å². The van der Waals surface area contributed by atoms with Crippen LogP contribution in [0, 0.1) is 0 Å². The van der Waals surface area contributed by atoms with Gasteiger partial charge in [-0.05, 0) is 66.5 Å². The highest BCUT2D eigenvalue weighted by Crippen LogP contribution is 2.53. The number of amides is 1. The van der Waals surface area contributed by atoms with Crippen molar-refractivity contribution in [1.82, 2.24) is 14.9 Å². The molecule has 51 heavy (non-hydrogen) atoms. The van der Waals surface area contributed by atoms with Gasteiger partial charge in [-0.1, -0.05) is 18.2 Å². The van der Waals surface area contributed by atoms with Gasteiger partial charge in [-0.2, -0.15) is 44.5 Å². The number of aliphatic hydroxyl groups is 1. The summed E-state index contributed by atoms with van der Waals surface area (Å²) in [6, 6.07) is 8.10.